The minimum absolute atomic E-state index is 0.00877. The van der Waals surface area contributed by atoms with Crippen molar-refractivity contribution >= 4 is 5.69 Å². The van der Waals surface area contributed by atoms with Gasteiger partial charge >= 0.3 is 0 Å². The summed E-state index contributed by atoms with van der Waals surface area (Å²) in [6, 6.07) is 8.42. The molecule has 1 heterocycles. The second-order valence-corrected chi connectivity index (χ2v) is 4.82. The SMILES string of the molecule is CC.OC1CCCCC12CNc1ccccc12. The number of hydrogen-bond donors (Lipinski definition) is 2. The third-order valence-electron chi connectivity index (χ3n) is 4.05. The van der Waals surface area contributed by atoms with Crippen molar-refractivity contribution < 1.29 is 5.11 Å². The molecule has 0 saturated heterocycles. The number of anilines is 1. The Hall–Kier alpha value is -1.02. The molecule has 2 atom stereocenters. The van der Waals surface area contributed by atoms with Crippen molar-refractivity contribution in [3.63, 3.8) is 0 Å². The Kier molecular flexibility index (Phi) is 3.72. The summed E-state index contributed by atoms with van der Waals surface area (Å²) in [5.41, 5.74) is 2.56. The maximum atomic E-state index is 10.3. The molecule has 0 aromatic heterocycles. The Labute approximate surface area is 104 Å². The van der Waals surface area contributed by atoms with Crippen LogP contribution in [0.1, 0.15) is 45.1 Å². The number of rotatable bonds is 0. The van der Waals surface area contributed by atoms with Gasteiger partial charge in [-0.1, -0.05) is 44.9 Å². The van der Waals surface area contributed by atoms with Gasteiger partial charge in [-0.2, -0.15) is 0 Å². The Bertz CT molecular complexity index is 373. The second kappa shape index (κ2) is 5.09. The van der Waals surface area contributed by atoms with Gasteiger partial charge < -0.3 is 10.4 Å². The summed E-state index contributed by atoms with van der Waals surface area (Å²) >= 11 is 0. The number of benzene rings is 1. The van der Waals surface area contributed by atoms with Crippen LogP contribution in [0.15, 0.2) is 24.3 Å². The van der Waals surface area contributed by atoms with Crippen LogP contribution in [0.25, 0.3) is 0 Å². The van der Waals surface area contributed by atoms with Crippen LogP contribution < -0.4 is 5.32 Å². The van der Waals surface area contributed by atoms with E-state index in [1.54, 1.807) is 0 Å². The first-order valence-electron chi connectivity index (χ1n) is 6.84. The van der Waals surface area contributed by atoms with E-state index in [4.69, 9.17) is 0 Å². The van der Waals surface area contributed by atoms with E-state index in [-0.39, 0.29) is 11.5 Å². The smallest absolute Gasteiger partial charge is 0.0654 e. The van der Waals surface area contributed by atoms with Crippen molar-refractivity contribution in [2.75, 3.05) is 11.9 Å². The highest BCUT2D eigenvalue weighted by Gasteiger charge is 2.45. The summed E-state index contributed by atoms with van der Waals surface area (Å²) in [5, 5.41) is 13.7. The molecule has 0 amide bonds. The zero-order valence-electron chi connectivity index (χ0n) is 10.9. The molecule has 94 valence electrons. The highest BCUT2D eigenvalue weighted by molar-refractivity contribution is 5.61. The zero-order valence-corrected chi connectivity index (χ0v) is 10.9. The van der Waals surface area contributed by atoms with Gasteiger partial charge in [-0.05, 0) is 24.5 Å². The fourth-order valence-corrected chi connectivity index (χ4v) is 3.16. The predicted molar refractivity (Wildman–Crippen MR) is 72.4 cm³/mol. The van der Waals surface area contributed by atoms with Crippen LogP contribution in [-0.2, 0) is 5.41 Å². The summed E-state index contributed by atoms with van der Waals surface area (Å²) < 4.78 is 0. The lowest BCUT2D eigenvalue weighted by atomic mass is 9.69. The van der Waals surface area contributed by atoms with Gasteiger partial charge in [-0.25, -0.2) is 0 Å². The molecule has 17 heavy (non-hydrogen) atoms. The number of para-hydroxylation sites is 1. The first-order chi connectivity index (χ1) is 8.33. The average Bonchev–Trinajstić information content (AvgIpc) is 2.76. The van der Waals surface area contributed by atoms with Crippen LogP contribution in [0.2, 0.25) is 0 Å². The van der Waals surface area contributed by atoms with Crippen molar-refractivity contribution in [2.24, 2.45) is 0 Å². The second-order valence-electron chi connectivity index (χ2n) is 4.82. The summed E-state index contributed by atoms with van der Waals surface area (Å²) in [4.78, 5) is 0. The van der Waals surface area contributed by atoms with Crippen molar-refractivity contribution in [1.29, 1.82) is 0 Å². The largest absolute Gasteiger partial charge is 0.392 e. The fourth-order valence-electron chi connectivity index (χ4n) is 3.16. The Morgan fingerprint density at radius 2 is 2.00 bits per heavy atom. The van der Waals surface area contributed by atoms with Gasteiger partial charge in [0.05, 0.1) is 6.10 Å². The molecule has 2 nitrogen and oxygen atoms in total. The number of fused-ring (bicyclic) bond motifs is 2. The molecule has 1 aliphatic carbocycles. The summed E-state index contributed by atoms with van der Waals surface area (Å²) in [7, 11) is 0. The van der Waals surface area contributed by atoms with Crippen LogP contribution in [-0.4, -0.2) is 17.8 Å². The van der Waals surface area contributed by atoms with Gasteiger partial charge in [0.2, 0.25) is 0 Å². The lowest BCUT2D eigenvalue weighted by molar-refractivity contribution is 0.0526. The lowest BCUT2D eigenvalue weighted by Crippen LogP contribution is -2.43. The van der Waals surface area contributed by atoms with E-state index in [0.717, 1.165) is 19.4 Å². The number of aliphatic hydroxyl groups is 1. The highest BCUT2D eigenvalue weighted by Crippen LogP contribution is 2.46. The van der Waals surface area contributed by atoms with E-state index < -0.39 is 0 Å². The molecule has 1 aliphatic heterocycles. The van der Waals surface area contributed by atoms with Crippen LogP contribution >= 0.6 is 0 Å². The van der Waals surface area contributed by atoms with Gasteiger partial charge in [-0.3, -0.25) is 0 Å². The van der Waals surface area contributed by atoms with Crippen LogP contribution in [0.3, 0.4) is 0 Å². The van der Waals surface area contributed by atoms with E-state index in [1.807, 2.05) is 13.8 Å². The van der Waals surface area contributed by atoms with E-state index in [0.29, 0.717) is 0 Å². The number of aliphatic hydroxyl groups excluding tert-OH is 1. The zero-order chi connectivity index (χ0) is 12.3. The topological polar surface area (TPSA) is 32.3 Å². The molecule has 1 aromatic rings. The molecule has 2 heteroatoms. The van der Waals surface area contributed by atoms with Crippen molar-refractivity contribution in [2.45, 2.75) is 51.0 Å². The summed E-state index contributed by atoms with van der Waals surface area (Å²) in [6.45, 7) is 4.91. The molecule has 2 N–H and O–H groups in total. The first kappa shape index (κ1) is 12.4. The average molecular weight is 233 g/mol. The molecule has 3 rings (SSSR count). The lowest BCUT2D eigenvalue weighted by Gasteiger charge is -2.38. The van der Waals surface area contributed by atoms with Gasteiger partial charge in [0, 0.05) is 17.6 Å². The molecule has 1 fully saturated rings. The third kappa shape index (κ3) is 1.95. The molecule has 0 bridgehead atoms. The maximum absolute atomic E-state index is 10.3. The van der Waals surface area contributed by atoms with Crippen molar-refractivity contribution in [3.8, 4) is 0 Å². The van der Waals surface area contributed by atoms with Gasteiger partial charge in [0.15, 0.2) is 0 Å². The quantitative estimate of drug-likeness (QED) is 0.720. The molecule has 2 aliphatic rings. The standard InChI is InChI=1S/C13H17NO.C2H6/c15-12-7-3-4-8-13(12)9-14-11-6-2-1-5-10(11)13;1-2/h1-2,5-6,12,14-15H,3-4,7-9H2;1-2H3. The van der Waals surface area contributed by atoms with Crippen LogP contribution in [0.5, 0.6) is 0 Å². The molecule has 1 spiro atoms. The molecule has 0 radical (unpaired) electrons. The third-order valence-corrected chi connectivity index (χ3v) is 4.05. The number of hydrogen-bond acceptors (Lipinski definition) is 2. The first-order valence-corrected chi connectivity index (χ1v) is 6.84. The molecule has 1 aromatic carbocycles. The minimum atomic E-state index is -0.164. The fraction of sp³-hybridized carbons (Fsp3) is 0.600. The number of nitrogens with one attached hydrogen (secondary N) is 1. The Morgan fingerprint density at radius 1 is 1.24 bits per heavy atom. The van der Waals surface area contributed by atoms with Gasteiger partial charge in [0.25, 0.3) is 0 Å². The van der Waals surface area contributed by atoms with Crippen LogP contribution in [0, 0.1) is 0 Å². The van der Waals surface area contributed by atoms with E-state index >= 15 is 0 Å². The summed E-state index contributed by atoms with van der Waals surface area (Å²) in [5.74, 6) is 0. The molecule has 2 unspecified atom stereocenters. The highest BCUT2D eigenvalue weighted by atomic mass is 16.3. The molecular formula is C15H23NO. The van der Waals surface area contributed by atoms with Crippen molar-refractivity contribution in [3.05, 3.63) is 29.8 Å². The van der Waals surface area contributed by atoms with E-state index in [2.05, 4.69) is 29.6 Å². The Balaban J connectivity index is 0.000000514. The van der Waals surface area contributed by atoms with E-state index in [1.165, 1.54) is 24.1 Å². The molecular weight excluding hydrogens is 210 g/mol. The van der Waals surface area contributed by atoms with E-state index in [9.17, 15) is 5.11 Å². The van der Waals surface area contributed by atoms with Crippen molar-refractivity contribution in [1.82, 2.24) is 0 Å². The predicted octanol–water partition coefficient (Wildman–Crippen LogP) is 3.31. The Morgan fingerprint density at radius 3 is 2.76 bits per heavy atom. The normalized spacial score (nSPS) is 30.2. The summed E-state index contributed by atoms with van der Waals surface area (Å²) in [6.07, 6.45) is 4.33. The maximum Gasteiger partial charge on any atom is 0.0654 e. The monoisotopic (exact) mass is 233 g/mol. The van der Waals surface area contributed by atoms with Gasteiger partial charge in [0.1, 0.15) is 0 Å². The molecule has 1 saturated carbocycles. The van der Waals surface area contributed by atoms with Crippen LogP contribution in [0.4, 0.5) is 5.69 Å². The van der Waals surface area contributed by atoms with Gasteiger partial charge in [-0.15, -0.1) is 0 Å². The minimum Gasteiger partial charge on any atom is -0.392 e.